The molecule has 0 fully saturated rings. The minimum Gasteiger partial charge on any atom is -0.463 e. The van der Waals surface area contributed by atoms with Crippen LogP contribution in [0, 0.1) is 0 Å². The number of nitrogens with zero attached hydrogens (tertiary/aromatic N) is 3. The van der Waals surface area contributed by atoms with E-state index < -0.39 is 6.10 Å². The quantitative estimate of drug-likeness (QED) is 0.692. The molecule has 2 amide bonds. The highest BCUT2D eigenvalue weighted by Crippen LogP contribution is 2.31. The number of carbonyl (C=O) groups excluding carboxylic acids is 2. The number of fused-ring (bicyclic) bond motifs is 1. The van der Waals surface area contributed by atoms with Gasteiger partial charge in [-0.2, -0.15) is 0 Å². The Morgan fingerprint density at radius 3 is 2.94 bits per heavy atom. The average molecular weight is 442 g/mol. The zero-order valence-corrected chi connectivity index (χ0v) is 18.2. The van der Waals surface area contributed by atoms with Crippen molar-refractivity contribution in [2.45, 2.75) is 32.4 Å². The van der Waals surface area contributed by atoms with Gasteiger partial charge < -0.3 is 15.4 Å². The van der Waals surface area contributed by atoms with E-state index in [0.717, 1.165) is 36.2 Å². The summed E-state index contributed by atoms with van der Waals surface area (Å²) < 4.78 is 5.65. The molecule has 2 aliphatic heterocycles. The molecule has 31 heavy (non-hydrogen) atoms. The van der Waals surface area contributed by atoms with Crippen LogP contribution >= 0.6 is 11.6 Å². The second-order valence-corrected chi connectivity index (χ2v) is 7.89. The van der Waals surface area contributed by atoms with Gasteiger partial charge in [-0.05, 0) is 42.2 Å². The number of amides is 2. The molecule has 0 saturated heterocycles. The van der Waals surface area contributed by atoms with Gasteiger partial charge in [0.15, 0.2) is 6.10 Å². The molecule has 0 radical (unpaired) electrons. The summed E-state index contributed by atoms with van der Waals surface area (Å²) in [5, 5.41) is 5.76. The van der Waals surface area contributed by atoms with Crippen LogP contribution in [-0.2, 0) is 11.3 Å². The lowest BCUT2D eigenvalue weighted by molar-refractivity contribution is -0.123. The first-order valence-corrected chi connectivity index (χ1v) is 10.6. The third-order valence-electron chi connectivity index (χ3n) is 5.44. The van der Waals surface area contributed by atoms with Crippen molar-refractivity contribution in [3.05, 3.63) is 52.4 Å². The fraction of sp³-hybridized carbons (Fsp3) is 0.364. The van der Waals surface area contributed by atoms with Crippen molar-refractivity contribution in [3.8, 4) is 5.88 Å². The van der Waals surface area contributed by atoms with Gasteiger partial charge in [0.1, 0.15) is 16.5 Å². The number of hydrogen-bond acceptors (Lipinski definition) is 6. The SMILES string of the molecule is CCC1Oc2ncc(CN3CC=C(c4ccc(C(=O)NC)nc4Cl)CC3)cc2NC1=O. The maximum atomic E-state index is 12.0. The molecule has 2 aliphatic rings. The van der Waals surface area contributed by atoms with Gasteiger partial charge in [-0.15, -0.1) is 0 Å². The molecule has 0 aromatic carbocycles. The molecule has 2 aromatic rings. The van der Waals surface area contributed by atoms with Crippen LogP contribution in [-0.4, -0.2) is 52.9 Å². The van der Waals surface area contributed by atoms with Gasteiger partial charge in [-0.3, -0.25) is 14.5 Å². The highest BCUT2D eigenvalue weighted by molar-refractivity contribution is 6.31. The average Bonchev–Trinajstić information content (AvgIpc) is 2.78. The minimum absolute atomic E-state index is 0.132. The number of aromatic nitrogens is 2. The number of ether oxygens (including phenoxy) is 1. The smallest absolute Gasteiger partial charge is 0.269 e. The van der Waals surface area contributed by atoms with Crippen molar-refractivity contribution < 1.29 is 14.3 Å². The Kier molecular flexibility index (Phi) is 6.20. The number of rotatable bonds is 5. The van der Waals surface area contributed by atoms with E-state index in [-0.39, 0.29) is 11.8 Å². The normalized spacial score (nSPS) is 18.5. The van der Waals surface area contributed by atoms with Gasteiger partial charge in [-0.1, -0.05) is 24.6 Å². The van der Waals surface area contributed by atoms with Crippen LogP contribution in [0.1, 0.15) is 41.4 Å². The first-order valence-electron chi connectivity index (χ1n) is 10.2. The lowest BCUT2D eigenvalue weighted by Gasteiger charge is -2.28. The van der Waals surface area contributed by atoms with Crippen molar-refractivity contribution in [1.29, 1.82) is 0 Å². The highest BCUT2D eigenvalue weighted by atomic mass is 35.5. The van der Waals surface area contributed by atoms with Crippen molar-refractivity contribution >= 4 is 34.7 Å². The molecule has 2 N–H and O–H groups in total. The fourth-order valence-electron chi connectivity index (χ4n) is 3.72. The number of nitrogens with one attached hydrogen (secondary N) is 2. The Morgan fingerprint density at radius 1 is 1.42 bits per heavy atom. The number of hydrogen-bond donors (Lipinski definition) is 2. The van der Waals surface area contributed by atoms with Crippen molar-refractivity contribution in [2.24, 2.45) is 0 Å². The second-order valence-electron chi connectivity index (χ2n) is 7.53. The van der Waals surface area contributed by atoms with Crippen LogP contribution < -0.4 is 15.4 Å². The predicted molar refractivity (Wildman–Crippen MR) is 118 cm³/mol. The number of anilines is 1. The highest BCUT2D eigenvalue weighted by Gasteiger charge is 2.27. The molecule has 0 saturated carbocycles. The molecule has 9 heteroatoms. The molecule has 0 spiro atoms. The molecular formula is C22H24ClN5O3. The van der Waals surface area contributed by atoms with Gasteiger partial charge in [0, 0.05) is 38.4 Å². The van der Waals surface area contributed by atoms with Crippen LogP contribution in [0.2, 0.25) is 5.15 Å². The fourth-order valence-corrected chi connectivity index (χ4v) is 4.00. The summed E-state index contributed by atoms with van der Waals surface area (Å²) in [6.07, 6.45) is 4.86. The Balaban J connectivity index is 1.42. The Hall–Kier alpha value is -2.97. The standard InChI is InChI=1S/C22H24ClN5O3/c1-3-18-21(30)27-17-10-13(11-25-22(17)31-18)12-28-8-6-14(7-9-28)15-4-5-16(20(29)24-2)26-19(15)23/h4-6,10-11,18H,3,7-9,12H2,1-2H3,(H,24,29)(H,27,30). The van der Waals surface area contributed by atoms with Gasteiger partial charge in [0.25, 0.3) is 11.8 Å². The summed E-state index contributed by atoms with van der Waals surface area (Å²) in [6.45, 7) is 4.21. The summed E-state index contributed by atoms with van der Waals surface area (Å²) in [6, 6.07) is 5.45. The number of halogens is 1. The van der Waals surface area contributed by atoms with Crippen LogP contribution in [0.25, 0.3) is 5.57 Å². The third kappa shape index (κ3) is 4.55. The predicted octanol–water partition coefficient (Wildman–Crippen LogP) is 2.89. The van der Waals surface area contributed by atoms with E-state index in [2.05, 4.69) is 31.6 Å². The zero-order chi connectivity index (χ0) is 22.0. The first-order chi connectivity index (χ1) is 15.0. The maximum Gasteiger partial charge on any atom is 0.269 e. The van der Waals surface area contributed by atoms with E-state index in [1.54, 1.807) is 19.3 Å². The number of pyridine rings is 2. The lowest BCUT2D eigenvalue weighted by Crippen LogP contribution is -2.37. The van der Waals surface area contributed by atoms with Crippen LogP contribution in [0.4, 0.5) is 5.69 Å². The summed E-state index contributed by atoms with van der Waals surface area (Å²) in [4.78, 5) is 34.6. The third-order valence-corrected chi connectivity index (χ3v) is 5.72. The minimum atomic E-state index is -0.483. The van der Waals surface area contributed by atoms with Crippen molar-refractivity contribution in [3.63, 3.8) is 0 Å². The molecule has 0 bridgehead atoms. The largest absolute Gasteiger partial charge is 0.463 e. The maximum absolute atomic E-state index is 12.0. The van der Waals surface area contributed by atoms with Crippen molar-refractivity contribution in [2.75, 3.05) is 25.5 Å². The molecule has 162 valence electrons. The monoisotopic (exact) mass is 441 g/mol. The summed E-state index contributed by atoms with van der Waals surface area (Å²) >= 11 is 6.33. The van der Waals surface area contributed by atoms with Crippen molar-refractivity contribution in [1.82, 2.24) is 20.2 Å². The van der Waals surface area contributed by atoms with Gasteiger partial charge in [0.2, 0.25) is 5.88 Å². The summed E-state index contributed by atoms with van der Waals surface area (Å²) in [7, 11) is 1.56. The molecule has 4 rings (SSSR count). The topological polar surface area (TPSA) is 96.4 Å². The van der Waals surface area contributed by atoms with E-state index in [1.165, 1.54) is 0 Å². The number of carbonyl (C=O) groups is 2. The zero-order valence-electron chi connectivity index (χ0n) is 17.4. The molecule has 8 nitrogen and oxygen atoms in total. The van der Waals surface area contributed by atoms with E-state index in [1.807, 2.05) is 19.1 Å². The Bertz CT molecular complexity index is 1060. The van der Waals surface area contributed by atoms with E-state index >= 15 is 0 Å². The Morgan fingerprint density at radius 2 is 2.26 bits per heavy atom. The lowest BCUT2D eigenvalue weighted by atomic mass is 10.0. The second kappa shape index (κ2) is 9.03. The van der Waals surface area contributed by atoms with Crippen LogP contribution in [0.5, 0.6) is 5.88 Å². The summed E-state index contributed by atoms with van der Waals surface area (Å²) in [5.74, 6) is 0.0773. The molecule has 1 atom stereocenters. The van der Waals surface area contributed by atoms with Gasteiger partial charge in [-0.25, -0.2) is 9.97 Å². The van der Waals surface area contributed by atoms with Crippen LogP contribution in [0.3, 0.4) is 0 Å². The molecule has 4 heterocycles. The van der Waals surface area contributed by atoms with Crippen LogP contribution in [0.15, 0.2) is 30.5 Å². The first kappa shape index (κ1) is 21.3. The molecule has 0 aliphatic carbocycles. The van der Waals surface area contributed by atoms with E-state index in [9.17, 15) is 9.59 Å². The summed E-state index contributed by atoms with van der Waals surface area (Å²) in [5.41, 5.74) is 3.90. The molecular weight excluding hydrogens is 418 g/mol. The molecule has 1 unspecified atom stereocenters. The Labute approximate surface area is 185 Å². The van der Waals surface area contributed by atoms with E-state index in [0.29, 0.717) is 35.4 Å². The van der Waals surface area contributed by atoms with Gasteiger partial charge >= 0.3 is 0 Å². The van der Waals surface area contributed by atoms with Gasteiger partial charge in [0.05, 0.1) is 0 Å². The van der Waals surface area contributed by atoms with E-state index in [4.69, 9.17) is 16.3 Å². The molecule has 2 aromatic heterocycles.